The molecule has 4 aromatic carbocycles. The molecule has 11 heteroatoms. The Hall–Kier alpha value is -4.80. The van der Waals surface area contributed by atoms with Crippen LogP contribution in [0.1, 0.15) is 29.9 Å². The number of carbonyl (C=O) groups excluding carboxylic acids is 4. The molecular formula is C38H28BrClFN3O5. The van der Waals surface area contributed by atoms with Gasteiger partial charge in [-0.25, -0.2) is 4.39 Å². The van der Waals surface area contributed by atoms with Crippen molar-refractivity contribution in [3.8, 4) is 5.75 Å². The van der Waals surface area contributed by atoms with Crippen molar-refractivity contribution in [2.75, 3.05) is 10.3 Å². The van der Waals surface area contributed by atoms with Gasteiger partial charge in [0.1, 0.15) is 11.6 Å². The van der Waals surface area contributed by atoms with Gasteiger partial charge in [0.25, 0.3) is 11.8 Å². The number of phenolic OH excluding ortho intramolecular Hbond substituents is 1. The molecule has 0 spiro atoms. The zero-order valence-corrected chi connectivity index (χ0v) is 28.1. The number of amides is 4. The molecule has 4 aliphatic rings. The normalized spacial score (nSPS) is 27.5. The molecule has 49 heavy (non-hydrogen) atoms. The Labute approximate surface area is 294 Å². The first-order valence-electron chi connectivity index (χ1n) is 15.9. The van der Waals surface area contributed by atoms with Crippen molar-refractivity contribution in [1.82, 2.24) is 5.01 Å². The summed E-state index contributed by atoms with van der Waals surface area (Å²) in [6.07, 6.45) is 2.27. The maximum absolute atomic E-state index is 15.2. The first kappa shape index (κ1) is 31.5. The van der Waals surface area contributed by atoms with E-state index in [-0.39, 0.29) is 30.4 Å². The lowest BCUT2D eigenvalue weighted by atomic mass is 9.49. The number of aromatic hydroxyl groups is 1. The van der Waals surface area contributed by atoms with Gasteiger partial charge < -0.3 is 5.11 Å². The van der Waals surface area contributed by atoms with Crippen LogP contribution in [0.4, 0.5) is 15.8 Å². The fourth-order valence-electron chi connectivity index (χ4n) is 8.59. The molecule has 4 amide bonds. The molecule has 2 aliphatic carbocycles. The van der Waals surface area contributed by atoms with Crippen LogP contribution < -0.4 is 10.3 Å². The zero-order valence-electron chi connectivity index (χ0n) is 25.7. The fraction of sp³-hybridized carbons (Fsp3) is 0.211. The predicted octanol–water partition coefficient (Wildman–Crippen LogP) is 7.14. The highest BCUT2D eigenvalue weighted by Crippen LogP contribution is 2.65. The van der Waals surface area contributed by atoms with Gasteiger partial charge in [0, 0.05) is 21.0 Å². The Kier molecular flexibility index (Phi) is 7.49. The molecule has 8 nitrogen and oxygen atoms in total. The molecule has 246 valence electrons. The Bertz CT molecular complexity index is 2080. The van der Waals surface area contributed by atoms with E-state index in [0.29, 0.717) is 37.6 Å². The lowest BCUT2D eigenvalue weighted by Gasteiger charge is -2.50. The van der Waals surface area contributed by atoms with Crippen LogP contribution >= 0.6 is 27.5 Å². The number of anilines is 2. The van der Waals surface area contributed by atoms with Gasteiger partial charge in [-0.1, -0.05) is 69.5 Å². The number of phenols is 1. The van der Waals surface area contributed by atoms with Crippen molar-refractivity contribution in [2.24, 2.45) is 23.7 Å². The van der Waals surface area contributed by atoms with E-state index in [0.717, 1.165) is 5.01 Å². The summed E-state index contributed by atoms with van der Waals surface area (Å²) in [4.78, 5) is 59.3. The average molecular weight is 741 g/mol. The monoisotopic (exact) mass is 739 g/mol. The number of nitrogens with one attached hydrogen (secondary N) is 1. The number of imide groups is 2. The SMILES string of the molecule is O=C1C2CC3C(=CCC4C(=O)N(c5ccccc5)C(=O)C43)C(c3cc(Br)ccc3O)C2(c2ccc(Cl)cc2)C(=O)N1Nc1ccc(F)cc1. The van der Waals surface area contributed by atoms with Gasteiger partial charge in [-0.2, -0.15) is 5.01 Å². The largest absolute Gasteiger partial charge is 0.508 e. The molecule has 8 rings (SSSR count). The highest BCUT2D eigenvalue weighted by atomic mass is 79.9. The predicted molar refractivity (Wildman–Crippen MR) is 184 cm³/mol. The third-order valence-electron chi connectivity index (χ3n) is 10.6. The van der Waals surface area contributed by atoms with E-state index in [2.05, 4.69) is 21.4 Å². The van der Waals surface area contributed by atoms with Gasteiger partial charge in [-0.15, -0.1) is 0 Å². The molecule has 6 unspecified atom stereocenters. The van der Waals surface area contributed by atoms with Gasteiger partial charge in [-0.05, 0) is 91.1 Å². The molecule has 6 atom stereocenters. The van der Waals surface area contributed by atoms with E-state index >= 15 is 4.79 Å². The number of hydrogen-bond donors (Lipinski definition) is 2. The van der Waals surface area contributed by atoms with Crippen LogP contribution in [0.2, 0.25) is 5.02 Å². The van der Waals surface area contributed by atoms with Gasteiger partial charge >= 0.3 is 0 Å². The maximum Gasteiger partial charge on any atom is 0.260 e. The quantitative estimate of drug-likeness (QED) is 0.167. The number of allylic oxidation sites excluding steroid dienone is 2. The minimum atomic E-state index is -1.59. The Morgan fingerprint density at radius 1 is 0.857 bits per heavy atom. The van der Waals surface area contributed by atoms with E-state index in [4.69, 9.17) is 11.6 Å². The number of carbonyl (C=O) groups is 4. The highest BCUT2D eigenvalue weighted by Gasteiger charge is 2.70. The van der Waals surface area contributed by atoms with Crippen molar-refractivity contribution in [3.05, 3.63) is 135 Å². The summed E-state index contributed by atoms with van der Waals surface area (Å²) >= 11 is 9.87. The van der Waals surface area contributed by atoms with Crippen LogP contribution in [0.5, 0.6) is 5.75 Å². The van der Waals surface area contributed by atoms with E-state index < -0.39 is 52.6 Å². The minimum absolute atomic E-state index is 0.0890. The van der Waals surface area contributed by atoms with Gasteiger partial charge in [0.2, 0.25) is 11.8 Å². The van der Waals surface area contributed by atoms with Gasteiger partial charge in [0.05, 0.1) is 34.5 Å². The standard InChI is InChI=1S/C38H28BrClFN3O5/c39-21-8-17-31(45)29(18-21)33-26-15-16-27-32(36(48)43(34(27)46)25-4-2-1-3-5-25)28(26)19-30-35(47)44(42-24-13-11-23(41)12-14-24)37(49)38(30,33)20-6-9-22(40)10-7-20/h1-15,17-18,27-28,30,32-33,42,45H,16,19H2. The molecule has 3 fully saturated rings. The number of hydrazine groups is 1. The van der Waals surface area contributed by atoms with Crippen molar-refractivity contribution in [1.29, 1.82) is 0 Å². The van der Waals surface area contributed by atoms with Crippen LogP contribution in [0, 0.1) is 29.5 Å². The molecule has 0 bridgehead atoms. The molecule has 0 aromatic heterocycles. The van der Waals surface area contributed by atoms with Gasteiger partial charge in [-0.3, -0.25) is 29.5 Å². The molecule has 1 saturated carbocycles. The van der Waals surface area contributed by atoms with E-state index in [1.165, 1.54) is 35.2 Å². The first-order valence-corrected chi connectivity index (χ1v) is 17.1. The lowest BCUT2D eigenvalue weighted by Crippen LogP contribution is -2.53. The number of halogens is 3. The molecule has 4 aromatic rings. The van der Waals surface area contributed by atoms with Crippen molar-refractivity contribution in [2.45, 2.75) is 24.2 Å². The minimum Gasteiger partial charge on any atom is -0.508 e. The second-order valence-corrected chi connectivity index (χ2v) is 14.3. The highest BCUT2D eigenvalue weighted by molar-refractivity contribution is 9.10. The number of para-hydroxylation sites is 1. The molecular weight excluding hydrogens is 713 g/mol. The van der Waals surface area contributed by atoms with Gasteiger partial charge in [0.15, 0.2) is 0 Å². The Balaban J connectivity index is 1.34. The number of fused-ring (bicyclic) bond motifs is 4. The second kappa shape index (κ2) is 11.7. The van der Waals surface area contributed by atoms with Crippen molar-refractivity contribution < 1.29 is 28.7 Å². The summed E-state index contributed by atoms with van der Waals surface area (Å²) in [5.41, 5.74) is 3.74. The lowest BCUT2D eigenvalue weighted by molar-refractivity contribution is -0.138. The van der Waals surface area contributed by atoms with Crippen LogP contribution in [0.3, 0.4) is 0 Å². The van der Waals surface area contributed by atoms with Crippen LogP contribution in [0.25, 0.3) is 0 Å². The number of nitrogens with zero attached hydrogens (tertiary/aromatic N) is 2. The van der Waals surface area contributed by atoms with Crippen molar-refractivity contribution >= 4 is 62.5 Å². The summed E-state index contributed by atoms with van der Waals surface area (Å²) in [6, 6.07) is 25.8. The molecule has 2 saturated heterocycles. The van der Waals surface area contributed by atoms with E-state index in [1.807, 2.05) is 12.1 Å². The zero-order chi connectivity index (χ0) is 34.2. The molecule has 2 heterocycles. The third kappa shape index (κ3) is 4.68. The van der Waals surface area contributed by atoms with Crippen LogP contribution in [-0.2, 0) is 24.6 Å². The number of rotatable bonds is 5. The summed E-state index contributed by atoms with van der Waals surface area (Å²) < 4.78 is 14.5. The Morgan fingerprint density at radius 3 is 2.29 bits per heavy atom. The second-order valence-electron chi connectivity index (χ2n) is 12.9. The summed E-state index contributed by atoms with van der Waals surface area (Å²) in [6.45, 7) is 0. The van der Waals surface area contributed by atoms with Crippen LogP contribution in [-0.4, -0.2) is 33.7 Å². The molecule has 2 aliphatic heterocycles. The summed E-state index contributed by atoms with van der Waals surface area (Å²) in [5, 5.41) is 12.9. The molecule has 2 N–H and O–H groups in total. The van der Waals surface area contributed by atoms with E-state index in [1.54, 1.807) is 60.7 Å². The van der Waals surface area contributed by atoms with E-state index in [9.17, 15) is 23.9 Å². The smallest absolute Gasteiger partial charge is 0.260 e. The van der Waals surface area contributed by atoms with Crippen molar-refractivity contribution in [3.63, 3.8) is 0 Å². The topological polar surface area (TPSA) is 107 Å². The summed E-state index contributed by atoms with van der Waals surface area (Å²) in [7, 11) is 0. The average Bonchev–Trinajstić information content (AvgIpc) is 3.48. The summed E-state index contributed by atoms with van der Waals surface area (Å²) in [5.74, 6) is -6.31. The molecule has 0 radical (unpaired) electrons. The number of hydrogen-bond acceptors (Lipinski definition) is 6. The first-order chi connectivity index (χ1) is 23.6. The fourth-order valence-corrected chi connectivity index (χ4v) is 9.09. The van der Waals surface area contributed by atoms with Crippen LogP contribution in [0.15, 0.2) is 113 Å². The Morgan fingerprint density at radius 2 is 1.57 bits per heavy atom. The maximum atomic E-state index is 15.2. The third-order valence-corrected chi connectivity index (χ3v) is 11.3. The number of benzene rings is 4.